The highest BCUT2D eigenvalue weighted by molar-refractivity contribution is 5.91. The number of esters is 2. The maximum absolute atomic E-state index is 13.6. The molecule has 2 saturated heterocycles. The molecular weight excluding hydrogens is 448 g/mol. The van der Waals surface area contributed by atoms with E-state index in [1.807, 2.05) is 0 Å². The number of carboxylic acids is 2. The number of ether oxygens (including phenoxy) is 4. The number of carbonyl (C=O) groups is 4. The van der Waals surface area contributed by atoms with Crippen LogP contribution in [0.4, 0.5) is 0 Å². The molecule has 0 spiro atoms. The van der Waals surface area contributed by atoms with Crippen LogP contribution in [0.5, 0.6) is 0 Å². The van der Waals surface area contributed by atoms with Crippen LogP contribution >= 0.6 is 0 Å². The summed E-state index contributed by atoms with van der Waals surface area (Å²) in [4.78, 5) is 52.3. The zero-order valence-electron chi connectivity index (χ0n) is 19.2. The van der Waals surface area contributed by atoms with E-state index in [2.05, 4.69) is 0 Å². The number of hydrogen-bond donors (Lipinski definition) is 2. The Morgan fingerprint density at radius 1 is 0.588 bits per heavy atom. The van der Waals surface area contributed by atoms with Gasteiger partial charge in [-0.1, -0.05) is 0 Å². The Kier molecular flexibility index (Phi) is 5.67. The molecule has 188 valence electrons. The van der Waals surface area contributed by atoms with Crippen LogP contribution in [0.15, 0.2) is 0 Å². The van der Waals surface area contributed by atoms with Gasteiger partial charge < -0.3 is 29.2 Å². The Bertz CT molecular complexity index is 800. The Morgan fingerprint density at radius 3 is 1.26 bits per heavy atom. The molecule has 2 unspecified atom stereocenters. The monoisotopic (exact) mass is 480 g/mol. The largest absolute Gasteiger partial charge is 0.481 e. The lowest BCUT2D eigenvalue weighted by atomic mass is 9.35. The second kappa shape index (κ2) is 8.19. The lowest BCUT2D eigenvalue weighted by Crippen LogP contribution is -2.69. The first-order valence-corrected chi connectivity index (χ1v) is 12.3. The first kappa shape index (κ1) is 23.5. The van der Waals surface area contributed by atoms with Crippen LogP contribution in [-0.2, 0) is 38.1 Å². The molecule has 0 amide bonds. The van der Waals surface area contributed by atoms with Gasteiger partial charge in [-0.05, 0) is 64.2 Å². The molecule has 10 nitrogen and oxygen atoms in total. The topological polar surface area (TPSA) is 146 Å². The second-order valence-corrected chi connectivity index (χ2v) is 11.2. The third-order valence-electron chi connectivity index (χ3n) is 8.59. The van der Waals surface area contributed by atoms with Crippen LogP contribution in [0.25, 0.3) is 0 Å². The normalized spacial score (nSPS) is 43.2. The van der Waals surface area contributed by atoms with Crippen molar-refractivity contribution in [2.45, 2.75) is 89.6 Å². The van der Waals surface area contributed by atoms with Crippen LogP contribution in [-0.4, -0.2) is 59.9 Å². The molecule has 4 aliphatic carbocycles. The molecule has 2 atom stereocenters. The van der Waals surface area contributed by atoms with E-state index in [0.717, 1.165) is 25.7 Å². The molecule has 0 radical (unpaired) electrons. The highest BCUT2D eigenvalue weighted by atomic mass is 16.7. The predicted octanol–water partition coefficient (Wildman–Crippen LogP) is 2.62. The molecule has 4 bridgehead atoms. The molecule has 4 saturated carbocycles. The summed E-state index contributed by atoms with van der Waals surface area (Å²) >= 11 is 0. The molecule has 6 rings (SSSR count). The smallest absolute Gasteiger partial charge is 0.314 e. The summed E-state index contributed by atoms with van der Waals surface area (Å²) in [7, 11) is 0. The third kappa shape index (κ3) is 3.69. The maximum atomic E-state index is 13.6. The van der Waals surface area contributed by atoms with Gasteiger partial charge in [-0.3, -0.25) is 19.2 Å². The quantitative estimate of drug-likeness (QED) is 0.544. The van der Waals surface area contributed by atoms with Crippen molar-refractivity contribution in [2.75, 3.05) is 13.2 Å². The summed E-state index contributed by atoms with van der Waals surface area (Å²) in [6.07, 6.45) is 2.67. The minimum atomic E-state index is -1.52. The molecule has 6 fully saturated rings. The summed E-state index contributed by atoms with van der Waals surface area (Å²) in [6.45, 7) is 0.918. The molecule has 2 N–H and O–H groups in total. The first-order valence-electron chi connectivity index (χ1n) is 12.3. The van der Waals surface area contributed by atoms with E-state index < -0.39 is 58.1 Å². The van der Waals surface area contributed by atoms with Gasteiger partial charge in [-0.15, -0.1) is 0 Å². The SMILES string of the molecule is O=C(O)C12CC3(C(=O)O)CC(C(=O)OC4CCCCO4)(C1)CC(C(=O)OC1CCCCO1)(C2)C3. The van der Waals surface area contributed by atoms with Crippen molar-refractivity contribution in [3.63, 3.8) is 0 Å². The molecule has 2 heterocycles. The van der Waals surface area contributed by atoms with E-state index in [1.165, 1.54) is 0 Å². The van der Waals surface area contributed by atoms with Crippen molar-refractivity contribution in [3.05, 3.63) is 0 Å². The zero-order chi connectivity index (χ0) is 24.2. The average molecular weight is 481 g/mol. The van der Waals surface area contributed by atoms with Crippen molar-refractivity contribution >= 4 is 23.9 Å². The molecule has 0 aromatic heterocycles. The van der Waals surface area contributed by atoms with Crippen LogP contribution in [0.2, 0.25) is 0 Å². The third-order valence-corrected chi connectivity index (χ3v) is 8.59. The fourth-order valence-electron chi connectivity index (χ4n) is 7.62. The van der Waals surface area contributed by atoms with Gasteiger partial charge in [0.25, 0.3) is 0 Å². The van der Waals surface area contributed by atoms with Crippen LogP contribution in [0, 0.1) is 21.7 Å². The summed E-state index contributed by atoms with van der Waals surface area (Å²) in [5.74, 6) is -3.70. The van der Waals surface area contributed by atoms with Crippen molar-refractivity contribution in [1.82, 2.24) is 0 Å². The Morgan fingerprint density at radius 2 is 0.941 bits per heavy atom. The van der Waals surface area contributed by atoms with E-state index in [9.17, 15) is 29.4 Å². The minimum absolute atomic E-state index is 0.0150. The number of carbonyl (C=O) groups excluding carboxylic acids is 2. The fraction of sp³-hybridized carbons (Fsp3) is 0.833. The standard InChI is InChI=1S/C24H32O10/c25-17(26)21-9-22(18(27)28)11-23(10-21,19(29)33-15-5-1-3-7-31-15)14-24(12-21,13-22)20(30)34-16-6-2-4-8-32-16/h15-16H,1-14H2,(H,25,26)(H,27,28). The number of rotatable bonds is 6. The van der Waals surface area contributed by atoms with Gasteiger partial charge in [-0.25, -0.2) is 0 Å². The van der Waals surface area contributed by atoms with Gasteiger partial charge in [0.05, 0.1) is 34.9 Å². The van der Waals surface area contributed by atoms with E-state index in [-0.39, 0.29) is 38.5 Å². The fourth-order valence-corrected chi connectivity index (χ4v) is 7.62. The lowest BCUT2D eigenvalue weighted by molar-refractivity contribution is -0.249. The number of aliphatic carboxylic acids is 2. The summed E-state index contributed by atoms with van der Waals surface area (Å²) < 4.78 is 22.4. The van der Waals surface area contributed by atoms with Gasteiger partial charge in [0, 0.05) is 12.8 Å². The molecule has 0 aromatic carbocycles. The molecule has 6 aliphatic rings. The van der Waals surface area contributed by atoms with Crippen LogP contribution in [0.1, 0.15) is 77.0 Å². The Balaban J connectivity index is 1.51. The number of hydrogen-bond acceptors (Lipinski definition) is 8. The van der Waals surface area contributed by atoms with Gasteiger partial charge in [-0.2, -0.15) is 0 Å². The molecule has 0 aromatic rings. The van der Waals surface area contributed by atoms with Crippen molar-refractivity contribution in [2.24, 2.45) is 21.7 Å². The highest BCUT2D eigenvalue weighted by Gasteiger charge is 2.77. The molecule has 10 heteroatoms. The van der Waals surface area contributed by atoms with Gasteiger partial charge in [0.1, 0.15) is 0 Å². The lowest BCUT2D eigenvalue weighted by Gasteiger charge is -2.65. The summed E-state index contributed by atoms with van der Waals surface area (Å²) in [5.41, 5.74) is -5.85. The Hall–Kier alpha value is -2.20. The van der Waals surface area contributed by atoms with E-state index in [1.54, 1.807) is 0 Å². The number of carboxylic acid groups (broad SMARTS) is 2. The minimum Gasteiger partial charge on any atom is -0.481 e. The van der Waals surface area contributed by atoms with Gasteiger partial charge >= 0.3 is 23.9 Å². The molecule has 2 aliphatic heterocycles. The van der Waals surface area contributed by atoms with Crippen molar-refractivity contribution < 1.29 is 48.3 Å². The predicted molar refractivity (Wildman–Crippen MR) is 112 cm³/mol. The first-order chi connectivity index (χ1) is 16.1. The molecular formula is C24H32O10. The summed E-state index contributed by atoms with van der Waals surface area (Å²) in [5, 5.41) is 20.5. The maximum Gasteiger partial charge on any atom is 0.314 e. The Labute approximate surface area is 197 Å². The van der Waals surface area contributed by atoms with Crippen molar-refractivity contribution in [1.29, 1.82) is 0 Å². The second-order valence-electron chi connectivity index (χ2n) is 11.2. The van der Waals surface area contributed by atoms with Crippen molar-refractivity contribution in [3.8, 4) is 0 Å². The van der Waals surface area contributed by atoms with Crippen LogP contribution in [0.3, 0.4) is 0 Å². The average Bonchev–Trinajstić information content (AvgIpc) is 2.79. The van der Waals surface area contributed by atoms with Gasteiger partial charge in [0.2, 0.25) is 12.6 Å². The highest BCUT2D eigenvalue weighted by Crippen LogP contribution is 2.74. The molecule has 34 heavy (non-hydrogen) atoms. The van der Waals surface area contributed by atoms with E-state index in [4.69, 9.17) is 18.9 Å². The van der Waals surface area contributed by atoms with Crippen LogP contribution < -0.4 is 0 Å². The van der Waals surface area contributed by atoms with Gasteiger partial charge in [0.15, 0.2) is 0 Å². The summed E-state index contributed by atoms with van der Waals surface area (Å²) in [6, 6.07) is 0. The van der Waals surface area contributed by atoms with E-state index in [0.29, 0.717) is 26.1 Å². The van der Waals surface area contributed by atoms with E-state index >= 15 is 0 Å². The zero-order valence-corrected chi connectivity index (χ0v) is 19.2.